The molecule has 0 aliphatic carbocycles. The van der Waals surface area contributed by atoms with Gasteiger partial charge in [-0.2, -0.15) is 5.10 Å². The third-order valence-corrected chi connectivity index (χ3v) is 4.12. The van der Waals surface area contributed by atoms with Gasteiger partial charge in [-0.15, -0.1) is 5.10 Å². The molecule has 0 saturated carbocycles. The van der Waals surface area contributed by atoms with Gasteiger partial charge in [-0.25, -0.2) is 9.48 Å². The normalized spacial score (nSPS) is 17.9. The number of hydrogen-bond acceptors (Lipinski definition) is 5. The zero-order valence-electron chi connectivity index (χ0n) is 13.5. The summed E-state index contributed by atoms with van der Waals surface area (Å²) >= 11 is 0. The molecule has 0 N–H and O–H groups in total. The van der Waals surface area contributed by atoms with Crippen molar-refractivity contribution in [2.24, 2.45) is 0 Å². The minimum absolute atomic E-state index is 0.242. The van der Waals surface area contributed by atoms with Crippen molar-refractivity contribution in [1.82, 2.24) is 24.8 Å². The summed E-state index contributed by atoms with van der Waals surface area (Å²) < 4.78 is 9.07. The van der Waals surface area contributed by atoms with Gasteiger partial charge < -0.3 is 4.74 Å². The van der Waals surface area contributed by atoms with Crippen LogP contribution in [0.25, 0.3) is 10.9 Å². The van der Waals surface area contributed by atoms with Crippen molar-refractivity contribution in [2.45, 2.75) is 32.5 Å². The molecule has 0 spiro atoms. The topological polar surface area (TPSA) is 78.1 Å². The van der Waals surface area contributed by atoms with Crippen molar-refractivity contribution in [2.75, 3.05) is 11.4 Å². The maximum atomic E-state index is 12.2. The lowest BCUT2D eigenvalue weighted by atomic mass is 10.2. The zero-order chi connectivity index (χ0) is 16.7. The number of ether oxygens (including phenoxy) is 1. The molecule has 2 aromatic heterocycles. The van der Waals surface area contributed by atoms with E-state index in [2.05, 4.69) is 29.3 Å². The van der Waals surface area contributed by atoms with Gasteiger partial charge in [0.15, 0.2) is 0 Å². The second-order valence-electron chi connectivity index (χ2n) is 6.17. The van der Waals surface area contributed by atoms with Crippen molar-refractivity contribution < 1.29 is 9.53 Å². The van der Waals surface area contributed by atoms with E-state index in [4.69, 9.17) is 4.74 Å². The van der Waals surface area contributed by atoms with Crippen LogP contribution in [0.5, 0.6) is 0 Å². The monoisotopic (exact) mass is 326 g/mol. The predicted molar refractivity (Wildman–Crippen MR) is 87.8 cm³/mol. The van der Waals surface area contributed by atoms with Crippen LogP contribution in [-0.2, 0) is 11.3 Å². The van der Waals surface area contributed by atoms with Crippen LogP contribution in [0.2, 0.25) is 0 Å². The number of cyclic esters (lactones) is 1. The molecule has 3 heterocycles. The molecular weight excluding hydrogens is 308 g/mol. The number of carbonyl (C=O) groups is 1. The first-order valence-corrected chi connectivity index (χ1v) is 7.91. The third-order valence-electron chi connectivity index (χ3n) is 4.12. The predicted octanol–water partition coefficient (Wildman–Crippen LogP) is 2.23. The van der Waals surface area contributed by atoms with Gasteiger partial charge >= 0.3 is 6.09 Å². The maximum absolute atomic E-state index is 12.2. The number of nitrogens with zero attached hydrogens (tertiary/aromatic N) is 6. The number of rotatable bonds is 4. The summed E-state index contributed by atoms with van der Waals surface area (Å²) in [5.74, 6) is 0. The van der Waals surface area contributed by atoms with Crippen LogP contribution in [0.1, 0.15) is 19.9 Å². The minimum atomic E-state index is -0.337. The summed E-state index contributed by atoms with van der Waals surface area (Å²) in [5.41, 5.74) is 1.87. The number of aromatic nitrogens is 5. The summed E-state index contributed by atoms with van der Waals surface area (Å²) in [6, 6.07) is 6.19. The van der Waals surface area contributed by atoms with E-state index in [9.17, 15) is 4.79 Å². The van der Waals surface area contributed by atoms with E-state index < -0.39 is 0 Å². The van der Waals surface area contributed by atoms with Crippen LogP contribution < -0.4 is 4.90 Å². The lowest BCUT2D eigenvalue weighted by molar-refractivity contribution is 0.129. The standard InChI is InChI=1S/C16H18N6O2/c1-11(2)22-15-4-3-13(7-12(15)8-18-22)21-10-14(24-16(21)23)9-20-6-5-17-19-20/h3-8,11,14H,9-10H2,1-2H3. The Morgan fingerprint density at radius 2 is 2.25 bits per heavy atom. The zero-order valence-corrected chi connectivity index (χ0v) is 13.5. The number of carbonyl (C=O) groups excluding carboxylic acids is 1. The second-order valence-corrected chi connectivity index (χ2v) is 6.17. The number of fused-ring (bicyclic) bond motifs is 1. The number of anilines is 1. The highest BCUT2D eigenvalue weighted by atomic mass is 16.6. The molecule has 0 bridgehead atoms. The summed E-state index contributed by atoms with van der Waals surface area (Å²) in [6.45, 7) is 5.16. The number of hydrogen-bond donors (Lipinski definition) is 0. The Balaban J connectivity index is 1.57. The van der Waals surface area contributed by atoms with Gasteiger partial charge in [0.1, 0.15) is 6.10 Å². The minimum Gasteiger partial charge on any atom is -0.442 e. The molecular formula is C16H18N6O2. The molecule has 1 aliphatic rings. The van der Waals surface area contributed by atoms with E-state index in [1.165, 1.54) is 0 Å². The molecule has 1 unspecified atom stereocenters. The van der Waals surface area contributed by atoms with Gasteiger partial charge in [0.05, 0.1) is 31.0 Å². The first-order chi connectivity index (χ1) is 11.6. The molecule has 124 valence electrons. The van der Waals surface area contributed by atoms with Gasteiger partial charge in [0.2, 0.25) is 0 Å². The van der Waals surface area contributed by atoms with Gasteiger partial charge in [-0.3, -0.25) is 9.58 Å². The Labute approximate surface area is 138 Å². The second kappa shape index (κ2) is 5.63. The Bertz CT molecular complexity index is 870. The van der Waals surface area contributed by atoms with Crippen LogP contribution >= 0.6 is 0 Å². The SMILES string of the molecule is CC(C)n1ncc2cc(N3CC(Cn4ccnn4)OC3=O)ccc21. The molecule has 3 aromatic rings. The number of amides is 1. The van der Waals surface area contributed by atoms with E-state index in [1.54, 1.807) is 22.0 Å². The smallest absolute Gasteiger partial charge is 0.414 e. The van der Waals surface area contributed by atoms with E-state index in [-0.39, 0.29) is 18.2 Å². The van der Waals surface area contributed by atoms with E-state index in [0.717, 1.165) is 16.6 Å². The highest BCUT2D eigenvalue weighted by Gasteiger charge is 2.33. The molecule has 1 fully saturated rings. The van der Waals surface area contributed by atoms with E-state index >= 15 is 0 Å². The molecule has 4 rings (SSSR count). The molecule has 8 heteroatoms. The Hall–Kier alpha value is -2.90. The third kappa shape index (κ3) is 2.49. The van der Waals surface area contributed by atoms with Crippen LogP contribution in [-0.4, -0.2) is 43.5 Å². The molecule has 24 heavy (non-hydrogen) atoms. The van der Waals surface area contributed by atoms with Gasteiger partial charge in [-0.1, -0.05) is 5.21 Å². The maximum Gasteiger partial charge on any atom is 0.414 e. The van der Waals surface area contributed by atoms with Gasteiger partial charge in [0.25, 0.3) is 0 Å². The highest BCUT2D eigenvalue weighted by molar-refractivity contribution is 5.93. The van der Waals surface area contributed by atoms with Crippen LogP contribution in [0.3, 0.4) is 0 Å². The average Bonchev–Trinajstić information content (AvgIpc) is 3.26. The summed E-state index contributed by atoms with van der Waals surface area (Å²) in [5, 5.41) is 13.1. The molecule has 1 aliphatic heterocycles. The lowest BCUT2D eigenvalue weighted by Crippen LogP contribution is -2.26. The molecule has 1 amide bonds. The average molecular weight is 326 g/mol. The first-order valence-electron chi connectivity index (χ1n) is 7.91. The van der Waals surface area contributed by atoms with Crippen molar-refractivity contribution in [3.63, 3.8) is 0 Å². The summed E-state index contributed by atoms with van der Waals surface area (Å²) in [7, 11) is 0. The molecule has 1 atom stereocenters. The Morgan fingerprint density at radius 1 is 1.38 bits per heavy atom. The fourth-order valence-corrected chi connectivity index (χ4v) is 2.99. The van der Waals surface area contributed by atoms with Crippen LogP contribution in [0.4, 0.5) is 10.5 Å². The van der Waals surface area contributed by atoms with E-state index in [0.29, 0.717) is 13.1 Å². The molecule has 1 saturated heterocycles. The van der Waals surface area contributed by atoms with Crippen LogP contribution in [0, 0.1) is 0 Å². The van der Waals surface area contributed by atoms with Crippen molar-refractivity contribution in [1.29, 1.82) is 0 Å². The molecule has 8 nitrogen and oxygen atoms in total. The number of benzene rings is 1. The fraction of sp³-hybridized carbons (Fsp3) is 0.375. The fourth-order valence-electron chi connectivity index (χ4n) is 2.99. The molecule has 1 aromatic carbocycles. The first kappa shape index (κ1) is 14.7. The Kier molecular flexibility index (Phi) is 3.44. The Morgan fingerprint density at radius 3 is 3.00 bits per heavy atom. The molecule has 0 radical (unpaired) electrons. The lowest BCUT2D eigenvalue weighted by Gasteiger charge is -2.14. The van der Waals surface area contributed by atoms with E-state index in [1.807, 2.05) is 29.1 Å². The highest BCUT2D eigenvalue weighted by Crippen LogP contribution is 2.27. The quantitative estimate of drug-likeness (QED) is 0.735. The summed E-state index contributed by atoms with van der Waals surface area (Å²) in [6.07, 6.45) is 4.61. The van der Waals surface area contributed by atoms with Crippen molar-refractivity contribution in [3.8, 4) is 0 Å². The van der Waals surface area contributed by atoms with Gasteiger partial charge in [0, 0.05) is 23.3 Å². The van der Waals surface area contributed by atoms with Gasteiger partial charge in [-0.05, 0) is 32.0 Å². The summed E-state index contributed by atoms with van der Waals surface area (Å²) in [4.78, 5) is 13.8. The van der Waals surface area contributed by atoms with Crippen molar-refractivity contribution >= 4 is 22.7 Å². The van der Waals surface area contributed by atoms with Crippen LogP contribution in [0.15, 0.2) is 36.8 Å². The van der Waals surface area contributed by atoms with Crippen molar-refractivity contribution in [3.05, 3.63) is 36.8 Å². The largest absolute Gasteiger partial charge is 0.442 e.